The molecule has 0 saturated heterocycles. The van der Waals surface area contributed by atoms with Gasteiger partial charge in [-0.1, -0.05) is 36.7 Å². The van der Waals surface area contributed by atoms with Crippen LogP contribution in [0.25, 0.3) is 0 Å². The van der Waals surface area contributed by atoms with Crippen LogP contribution in [-0.4, -0.2) is 5.54 Å². The van der Waals surface area contributed by atoms with Crippen LogP contribution in [0.1, 0.15) is 38.2 Å². The van der Waals surface area contributed by atoms with Gasteiger partial charge in [-0.2, -0.15) is 0 Å². The Morgan fingerprint density at radius 2 is 1.94 bits per heavy atom. The van der Waals surface area contributed by atoms with Crippen LogP contribution >= 0.6 is 11.6 Å². The number of halogens is 1. The van der Waals surface area contributed by atoms with Gasteiger partial charge in [0.25, 0.3) is 0 Å². The number of rotatable bonds is 2. The first-order valence-corrected chi connectivity index (χ1v) is 6.49. The summed E-state index contributed by atoms with van der Waals surface area (Å²) in [7, 11) is 0. The molecule has 1 aliphatic rings. The zero-order valence-electron chi connectivity index (χ0n) is 9.88. The molecule has 1 aromatic rings. The summed E-state index contributed by atoms with van der Waals surface area (Å²) in [4.78, 5) is 0. The molecule has 0 radical (unpaired) electrons. The summed E-state index contributed by atoms with van der Waals surface area (Å²) < 4.78 is 0. The quantitative estimate of drug-likeness (QED) is 0.832. The maximum Gasteiger partial charge on any atom is 0.0438 e. The lowest BCUT2D eigenvalue weighted by atomic mass is 9.75. The molecule has 0 amide bonds. The van der Waals surface area contributed by atoms with Gasteiger partial charge in [0, 0.05) is 10.6 Å². The Balaban J connectivity index is 2.07. The number of benzene rings is 1. The van der Waals surface area contributed by atoms with Crippen molar-refractivity contribution in [3.63, 3.8) is 0 Å². The Bertz CT molecular complexity index is 354. The van der Waals surface area contributed by atoms with E-state index in [9.17, 15) is 0 Å². The predicted molar refractivity (Wildman–Crippen MR) is 69.7 cm³/mol. The highest BCUT2D eigenvalue weighted by molar-refractivity contribution is 6.31. The van der Waals surface area contributed by atoms with Crippen LogP contribution in [0.15, 0.2) is 24.3 Å². The molecule has 0 aromatic heterocycles. The topological polar surface area (TPSA) is 26.0 Å². The minimum Gasteiger partial charge on any atom is -0.325 e. The van der Waals surface area contributed by atoms with E-state index in [0.29, 0.717) is 0 Å². The van der Waals surface area contributed by atoms with Gasteiger partial charge >= 0.3 is 0 Å². The summed E-state index contributed by atoms with van der Waals surface area (Å²) in [5.41, 5.74) is 7.63. The summed E-state index contributed by atoms with van der Waals surface area (Å²) in [6.45, 7) is 2.31. The van der Waals surface area contributed by atoms with Gasteiger partial charge in [-0.3, -0.25) is 0 Å². The second-order valence-electron chi connectivity index (χ2n) is 5.31. The summed E-state index contributed by atoms with van der Waals surface area (Å²) in [6, 6.07) is 8.05. The predicted octanol–water partition coefficient (Wildman–Crippen LogP) is 3.79. The van der Waals surface area contributed by atoms with Crippen LogP contribution in [0.5, 0.6) is 0 Å². The van der Waals surface area contributed by atoms with Crippen molar-refractivity contribution in [3.8, 4) is 0 Å². The molecule has 0 aliphatic heterocycles. The Morgan fingerprint density at radius 3 is 2.56 bits per heavy atom. The first kappa shape index (κ1) is 11.9. The molecule has 0 bridgehead atoms. The van der Waals surface area contributed by atoms with Crippen molar-refractivity contribution in [1.29, 1.82) is 0 Å². The van der Waals surface area contributed by atoms with Crippen molar-refractivity contribution < 1.29 is 0 Å². The van der Waals surface area contributed by atoms with Crippen LogP contribution in [0.2, 0.25) is 5.02 Å². The highest BCUT2D eigenvalue weighted by atomic mass is 35.5. The largest absolute Gasteiger partial charge is 0.325 e. The SMILES string of the molecule is CC1CCC(N)(Cc2ccccc2Cl)CC1. The van der Waals surface area contributed by atoms with Crippen molar-refractivity contribution in [2.75, 3.05) is 0 Å². The fourth-order valence-corrected chi connectivity index (χ4v) is 2.74. The standard InChI is InChI=1S/C14H20ClN/c1-11-6-8-14(16,9-7-11)10-12-4-2-3-5-13(12)15/h2-5,11H,6-10,16H2,1H3. The van der Waals surface area contributed by atoms with E-state index in [1.54, 1.807) is 0 Å². The van der Waals surface area contributed by atoms with E-state index in [-0.39, 0.29) is 5.54 Å². The average Bonchev–Trinajstić information content (AvgIpc) is 2.27. The van der Waals surface area contributed by atoms with Crippen molar-refractivity contribution in [1.82, 2.24) is 0 Å². The Kier molecular flexibility index (Phi) is 3.56. The van der Waals surface area contributed by atoms with Gasteiger partial charge in [0.1, 0.15) is 0 Å². The second-order valence-corrected chi connectivity index (χ2v) is 5.72. The lowest BCUT2D eigenvalue weighted by Gasteiger charge is -2.36. The van der Waals surface area contributed by atoms with Gasteiger partial charge in [-0.15, -0.1) is 0 Å². The van der Waals surface area contributed by atoms with Gasteiger partial charge in [0.15, 0.2) is 0 Å². The van der Waals surface area contributed by atoms with E-state index in [1.165, 1.54) is 18.4 Å². The van der Waals surface area contributed by atoms with Gasteiger partial charge in [0.2, 0.25) is 0 Å². The molecule has 0 spiro atoms. The van der Waals surface area contributed by atoms with E-state index in [1.807, 2.05) is 18.2 Å². The van der Waals surface area contributed by atoms with Gasteiger partial charge in [-0.05, 0) is 49.7 Å². The molecule has 2 rings (SSSR count). The van der Waals surface area contributed by atoms with Crippen LogP contribution in [-0.2, 0) is 6.42 Å². The molecular formula is C14H20ClN. The molecule has 1 fully saturated rings. The van der Waals surface area contributed by atoms with Crippen molar-refractivity contribution in [2.45, 2.75) is 44.6 Å². The molecule has 1 saturated carbocycles. The zero-order valence-corrected chi connectivity index (χ0v) is 10.6. The highest BCUT2D eigenvalue weighted by Gasteiger charge is 2.30. The Morgan fingerprint density at radius 1 is 1.31 bits per heavy atom. The van der Waals surface area contributed by atoms with Crippen LogP contribution in [0.4, 0.5) is 0 Å². The molecule has 1 nitrogen and oxygen atoms in total. The maximum absolute atomic E-state index is 6.46. The van der Waals surface area contributed by atoms with E-state index in [4.69, 9.17) is 17.3 Å². The fourth-order valence-electron chi connectivity index (χ4n) is 2.53. The van der Waals surface area contributed by atoms with Gasteiger partial charge in [-0.25, -0.2) is 0 Å². The maximum atomic E-state index is 6.46. The summed E-state index contributed by atoms with van der Waals surface area (Å²) in [5.74, 6) is 0.836. The second kappa shape index (κ2) is 4.77. The molecule has 0 unspecified atom stereocenters. The Labute approximate surface area is 103 Å². The lowest BCUT2D eigenvalue weighted by molar-refractivity contribution is 0.243. The fraction of sp³-hybridized carbons (Fsp3) is 0.571. The van der Waals surface area contributed by atoms with Crippen molar-refractivity contribution in [3.05, 3.63) is 34.9 Å². The summed E-state index contributed by atoms with van der Waals surface area (Å²) >= 11 is 6.18. The first-order chi connectivity index (χ1) is 7.59. The molecule has 16 heavy (non-hydrogen) atoms. The summed E-state index contributed by atoms with van der Waals surface area (Å²) in [6.07, 6.45) is 5.67. The molecule has 0 heterocycles. The number of hydrogen-bond acceptors (Lipinski definition) is 1. The van der Waals surface area contributed by atoms with E-state index in [0.717, 1.165) is 30.2 Å². The lowest BCUT2D eigenvalue weighted by Crippen LogP contribution is -2.45. The third-order valence-electron chi connectivity index (χ3n) is 3.77. The minimum atomic E-state index is -0.0303. The number of hydrogen-bond donors (Lipinski definition) is 1. The molecule has 2 heteroatoms. The summed E-state index contributed by atoms with van der Waals surface area (Å²) in [5, 5.41) is 0.853. The van der Waals surface area contributed by atoms with Crippen molar-refractivity contribution in [2.24, 2.45) is 11.7 Å². The third-order valence-corrected chi connectivity index (χ3v) is 4.14. The van der Waals surface area contributed by atoms with E-state index in [2.05, 4.69) is 13.0 Å². The number of nitrogens with two attached hydrogens (primary N) is 1. The molecule has 1 aliphatic carbocycles. The van der Waals surface area contributed by atoms with Gasteiger partial charge in [0.05, 0.1) is 0 Å². The van der Waals surface area contributed by atoms with Crippen LogP contribution < -0.4 is 5.73 Å². The first-order valence-electron chi connectivity index (χ1n) is 6.11. The zero-order chi connectivity index (χ0) is 11.6. The van der Waals surface area contributed by atoms with Gasteiger partial charge < -0.3 is 5.73 Å². The molecule has 88 valence electrons. The van der Waals surface area contributed by atoms with Crippen LogP contribution in [0.3, 0.4) is 0 Å². The molecule has 1 aromatic carbocycles. The third kappa shape index (κ3) is 2.78. The van der Waals surface area contributed by atoms with E-state index >= 15 is 0 Å². The molecular weight excluding hydrogens is 218 g/mol. The highest BCUT2D eigenvalue weighted by Crippen LogP contribution is 2.33. The molecule has 0 atom stereocenters. The molecule has 2 N–H and O–H groups in total. The van der Waals surface area contributed by atoms with Crippen LogP contribution in [0, 0.1) is 5.92 Å². The van der Waals surface area contributed by atoms with Crippen molar-refractivity contribution >= 4 is 11.6 Å². The minimum absolute atomic E-state index is 0.0303. The van der Waals surface area contributed by atoms with E-state index < -0.39 is 0 Å². The average molecular weight is 238 g/mol. The normalized spacial score (nSPS) is 30.3. The Hall–Kier alpha value is -0.530. The smallest absolute Gasteiger partial charge is 0.0438 e. The monoisotopic (exact) mass is 237 g/mol.